The molecule has 0 saturated carbocycles. The van der Waals surface area contributed by atoms with Gasteiger partial charge >= 0.3 is 0 Å². The first-order valence-electron chi connectivity index (χ1n) is 8.76. The Morgan fingerprint density at radius 3 is 1.57 bits per heavy atom. The molecule has 0 atom stereocenters. The summed E-state index contributed by atoms with van der Waals surface area (Å²) in [5.41, 5.74) is 0. The van der Waals surface area contributed by atoms with Crippen molar-refractivity contribution in [2.45, 2.75) is 70.6 Å². The zero-order chi connectivity index (χ0) is 16.7. The minimum absolute atomic E-state index is 0.0958. The van der Waals surface area contributed by atoms with Gasteiger partial charge in [0.15, 0.2) is 0 Å². The highest BCUT2D eigenvalue weighted by Crippen LogP contribution is 2.15. The van der Waals surface area contributed by atoms with Gasteiger partial charge in [-0.3, -0.25) is 29.0 Å². The number of imide groups is 2. The highest BCUT2D eigenvalue weighted by Gasteiger charge is 2.25. The van der Waals surface area contributed by atoms with E-state index in [0.717, 1.165) is 38.5 Å². The van der Waals surface area contributed by atoms with Crippen molar-refractivity contribution in [2.75, 3.05) is 13.1 Å². The molecule has 2 fully saturated rings. The monoisotopic (exact) mass is 322 g/mol. The third kappa shape index (κ3) is 5.15. The Balaban J connectivity index is 1.76. The van der Waals surface area contributed by atoms with E-state index in [-0.39, 0.29) is 36.5 Å². The molecular weight excluding hydrogens is 296 g/mol. The summed E-state index contributed by atoms with van der Waals surface area (Å²) in [6.45, 7) is 0.993. The van der Waals surface area contributed by atoms with Crippen molar-refractivity contribution in [2.24, 2.45) is 0 Å². The number of hydrogen-bond acceptors (Lipinski definition) is 4. The lowest BCUT2D eigenvalue weighted by molar-refractivity contribution is -0.144. The van der Waals surface area contributed by atoms with Crippen molar-refractivity contribution < 1.29 is 19.2 Å². The SMILES string of the molecule is O=C1CCCCCN1C(=O)CCCC(=O)N1CCCCCC1=O. The van der Waals surface area contributed by atoms with Gasteiger partial charge in [0.2, 0.25) is 23.6 Å². The molecule has 0 bridgehead atoms. The van der Waals surface area contributed by atoms with Crippen LogP contribution in [0.25, 0.3) is 0 Å². The third-order valence-corrected chi connectivity index (χ3v) is 4.53. The lowest BCUT2D eigenvalue weighted by atomic mass is 10.2. The van der Waals surface area contributed by atoms with Gasteiger partial charge in [0.25, 0.3) is 0 Å². The van der Waals surface area contributed by atoms with E-state index >= 15 is 0 Å². The first-order valence-corrected chi connectivity index (χ1v) is 8.76. The lowest BCUT2D eigenvalue weighted by Crippen LogP contribution is -2.37. The number of nitrogens with zero attached hydrogens (tertiary/aromatic N) is 2. The third-order valence-electron chi connectivity index (χ3n) is 4.53. The molecule has 2 rings (SSSR count). The Morgan fingerprint density at radius 2 is 1.13 bits per heavy atom. The summed E-state index contributed by atoms with van der Waals surface area (Å²) < 4.78 is 0. The molecule has 128 valence electrons. The molecule has 0 aromatic heterocycles. The molecule has 23 heavy (non-hydrogen) atoms. The molecule has 2 heterocycles. The number of carbonyl (C=O) groups excluding carboxylic acids is 4. The van der Waals surface area contributed by atoms with Crippen molar-refractivity contribution in [1.29, 1.82) is 0 Å². The van der Waals surface area contributed by atoms with Gasteiger partial charge in [-0.1, -0.05) is 12.8 Å². The van der Waals surface area contributed by atoms with Crippen LogP contribution in [0.4, 0.5) is 0 Å². The zero-order valence-corrected chi connectivity index (χ0v) is 13.7. The maximum atomic E-state index is 12.2. The van der Waals surface area contributed by atoms with E-state index in [1.165, 1.54) is 9.80 Å². The van der Waals surface area contributed by atoms with Crippen LogP contribution in [-0.2, 0) is 19.2 Å². The molecule has 4 amide bonds. The molecule has 0 aromatic carbocycles. The number of likely N-dealkylation sites (tertiary alicyclic amines) is 2. The fourth-order valence-corrected chi connectivity index (χ4v) is 3.15. The molecular formula is C17H26N2O4. The van der Waals surface area contributed by atoms with Gasteiger partial charge in [-0.2, -0.15) is 0 Å². The number of carbonyl (C=O) groups is 4. The summed E-state index contributed by atoms with van der Waals surface area (Å²) in [6, 6.07) is 0. The Hall–Kier alpha value is -1.72. The summed E-state index contributed by atoms with van der Waals surface area (Å²) in [5, 5.41) is 0. The second-order valence-corrected chi connectivity index (χ2v) is 6.35. The van der Waals surface area contributed by atoms with E-state index in [1.807, 2.05) is 0 Å². The molecule has 0 aliphatic carbocycles. The Kier molecular flexibility index (Phi) is 6.74. The first-order chi connectivity index (χ1) is 11.1. The summed E-state index contributed by atoms with van der Waals surface area (Å²) in [4.78, 5) is 50.7. The van der Waals surface area contributed by atoms with Crippen molar-refractivity contribution >= 4 is 23.6 Å². The minimum Gasteiger partial charge on any atom is -0.283 e. The molecule has 6 heteroatoms. The van der Waals surface area contributed by atoms with E-state index < -0.39 is 0 Å². The van der Waals surface area contributed by atoms with E-state index in [0.29, 0.717) is 32.4 Å². The summed E-state index contributed by atoms with van der Waals surface area (Å²) in [5.74, 6) is -0.568. The molecule has 0 N–H and O–H groups in total. The highest BCUT2D eigenvalue weighted by molar-refractivity contribution is 5.97. The van der Waals surface area contributed by atoms with Crippen LogP contribution in [0.15, 0.2) is 0 Å². The van der Waals surface area contributed by atoms with Gasteiger partial charge in [-0.05, 0) is 32.1 Å². The largest absolute Gasteiger partial charge is 0.283 e. The van der Waals surface area contributed by atoms with Crippen LogP contribution in [-0.4, -0.2) is 46.5 Å². The standard InChI is InChI=1S/C17H26N2O4/c20-14-8-3-1-5-12-18(14)16(22)10-7-11-17(23)19-13-6-2-4-9-15(19)21/h1-13H2. The minimum atomic E-state index is -0.188. The van der Waals surface area contributed by atoms with Gasteiger partial charge in [0.1, 0.15) is 0 Å². The van der Waals surface area contributed by atoms with E-state index in [9.17, 15) is 19.2 Å². The summed E-state index contributed by atoms with van der Waals surface area (Å²) in [6.07, 6.45) is 7.02. The van der Waals surface area contributed by atoms with Crippen molar-refractivity contribution in [1.82, 2.24) is 9.80 Å². The number of rotatable bonds is 4. The maximum absolute atomic E-state index is 12.2. The lowest BCUT2D eigenvalue weighted by Gasteiger charge is -2.20. The van der Waals surface area contributed by atoms with E-state index in [2.05, 4.69) is 0 Å². The van der Waals surface area contributed by atoms with Gasteiger partial charge in [-0.15, -0.1) is 0 Å². The summed E-state index contributed by atoms with van der Waals surface area (Å²) in [7, 11) is 0. The molecule has 2 aliphatic rings. The van der Waals surface area contributed by atoms with Crippen molar-refractivity contribution in [3.05, 3.63) is 0 Å². The second kappa shape index (κ2) is 8.79. The Bertz CT molecular complexity index is 433. The van der Waals surface area contributed by atoms with Gasteiger partial charge < -0.3 is 0 Å². The van der Waals surface area contributed by atoms with Crippen molar-refractivity contribution in [3.63, 3.8) is 0 Å². The molecule has 0 radical (unpaired) electrons. The van der Waals surface area contributed by atoms with Crippen molar-refractivity contribution in [3.8, 4) is 0 Å². The van der Waals surface area contributed by atoms with E-state index in [1.54, 1.807) is 0 Å². The molecule has 0 aromatic rings. The van der Waals surface area contributed by atoms with Gasteiger partial charge in [0, 0.05) is 38.8 Å². The highest BCUT2D eigenvalue weighted by atomic mass is 16.2. The van der Waals surface area contributed by atoms with Gasteiger partial charge in [0.05, 0.1) is 0 Å². The molecule has 0 spiro atoms. The van der Waals surface area contributed by atoms with Crippen LogP contribution in [0, 0.1) is 0 Å². The van der Waals surface area contributed by atoms with Crippen LogP contribution in [0.2, 0.25) is 0 Å². The predicted molar refractivity (Wildman–Crippen MR) is 84.2 cm³/mol. The topological polar surface area (TPSA) is 74.8 Å². The van der Waals surface area contributed by atoms with Gasteiger partial charge in [-0.25, -0.2) is 0 Å². The average molecular weight is 322 g/mol. The van der Waals surface area contributed by atoms with Crippen LogP contribution < -0.4 is 0 Å². The first kappa shape index (κ1) is 17.6. The molecule has 0 unspecified atom stereocenters. The normalized spacial score (nSPS) is 20.2. The van der Waals surface area contributed by atoms with E-state index in [4.69, 9.17) is 0 Å². The van der Waals surface area contributed by atoms with Crippen LogP contribution in [0.5, 0.6) is 0 Å². The van der Waals surface area contributed by atoms with Crippen LogP contribution in [0.1, 0.15) is 70.6 Å². The Labute approximate surface area is 137 Å². The molecule has 6 nitrogen and oxygen atoms in total. The number of hydrogen-bond donors (Lipinski definition) is 0. The zero-order valence-electron chi connectivity index (χ0n) is 13.7. The summed E-state index contributed by atoms with van der Waals surface area (Å²) >= 11 is 0. The predicted octanol–water partition coefficient (Wildman–Crippen LogP) is 2.02. The molecule has 2 aliphatic heterocycles. The number of amides is 4. The maximum Gasteiger partial charge on any atom is 0.229 e. The quantitative estimate of drug-likeness (QED) is 0.793. The molecule has 2 saturated heterocycles. The second-order valence-electron chi connectivity index (χ2n) is 6.35. The van der Waals surface area contributed by atoms with Crippen LogP contribution in [0.3, 0.4) is 0 Å². The smallest absolute Gasteiger partial charge is 0.229 e. The van der Waals surface area contributed by atoms with Crippen LogP contribution >= 0.6 is 0 Å². The average Bonchev–Trinajstić information content (AvgIpc) is 2.87. The fourth-order valence-electron chi connectivity index (χ4n) is 3.15. The Morgan fingerprint density at radius 1 is 0.696 bits per heavy atom. The fraction of sp³-hybridized carbons (Fsp3) is 0.765.